The highest BCUT2D eigenvalue weighted by Gasteiger charge is 2.15. The first-order valence-corrected chi connectivity index (χ1v) is 8.11. The fourth-order valence-electron chi connectivity index (χ4n) is 1.31. The smallest absolute Gasteiger partial charge is 0.243 e. The van der Waals surface area contributed by atoms with Crippen LogP contribution in [0, 0.1) is 5.92 Å². The largest absolute Gasteiger partial charge is 0.320 e. The molecule has 1 rings (SSSR count). The predicted molar refractivity (Wildman–Crippen MR) is 78.1 cm³/mol. The van der Waals surface area contributed by atoms with Crippen molar-refractivity contribution in [3.63, 3.8) is 0 Å². The van der Waals surface area contributed by atoms with Crippen LogP contribution in [0.1, 0.15) is 25.3 Å². The van der Waals surface area contributed by atoms with Gasteiger partial charge in [0.1, 0.15) is 5.01 Å². The summed E-state index contributed by atoms with van der Waals surface area (Å²) in [5, 5.41) is 12.2. The van der Waals surface area contributed by atoms with Gasteiger partial charge in [-0.15, -0.1) is 10.2 Å². The number of nitrogens with one attached hydrogen (secondary N) is 1. The van der Waals surface area contributed by atoms with E-state index in [1.165, 1.54) is 11.3 Å². The van der Waals surface area contributed by atoms with Crippen molar-refractivity contribution in [3.05, 3.63) is 5.01 Å². The van der Waals surface area contributed by atoms with Gasteiger partial charge in [-0.05, 0) is 24.3 Å². The van der Waals surface area contributed by atoms with Crippen LogP contribution in [0.4, 0.5) is 5.13 Å². The molecule has 0 fully saturated rings. The first-order valence-electron chi connectivity index (χ1n) is 5.90. The minimum absolute atomic E-state index is 0.184. The summed E-state index contributed by atoms with van der Waals surface area (Å²) >= 11 is 3.10. The molecule has 0 aliphatic carbocycles. The summed E-state index contributed by atoms with van der Waals surface area (Å²) in [6.45, 7) is 4.25. The summed E-state index contributed by atoms with van der Waals surface area (Å²) in [5.41, 5.74) is 5.77. The van der Waals surface area contributed by atoms with E-state index >= 15 is 0 Å². The molecule has 0 unspecified atom stereocenters. The van der Waals surface area contributed by atoms with E-state index in [4.69, 9.17) is 5.73 Å². The van der Waals surface area contributed by atoms with Crippen LogP contribution in [0.2, 0.25) is 0 Å². The Balaban J connectivity index is 2.46. The van der Waals surface area contributed by atoms with E-state index in [0.717, 1.165) is 17.2 Å². The van der Waals surface area contributed by atoms with Crippen molar-refractivity contribution in [1.29, 1.82) is 0 Å². The van der Waals surface area contributed by atoms with Crippen LogP contribution in [-0.2, 0) is 11.2 Å². The highest BCUT2D eigenvalue weighted by Crippen LogP contribution is 2.18. The number of carbonyl (C=O) groups excluding carboxylic acids is 1. The lowest BCUT2D eigenvalue weighted by Gasteiger charge is -2.08. The first-order chi connectivity index (χ1) is 8.52. The summed E-state index contributed by atoms with van der Waals surface area (Å²) in [4.78, 5) is 11.7. The van der Waals surface area contributed by atoms with Gasteiger partial charge in [0.2, 0.25) is 11.0 Å². The number of thioether (sulfide) groups is 1. The van der Waals surface area contributed by atoms with Crippen LogP contribution in [0.25, 0.3) is 0 Å². The monoisotopic (exact) mass is 288 g/mol. The molecule has 3 N–H and O–H groups in total. The van der Waals surface area contributed by atoms with Gasteiger partial charge in [0.05, 0.1) is 6.04 Å². The quantitative estimate of drug-likeness (QED) is 0.799. The molecule has 1 atom stereocenters. The zero-order valence-electron chi connectivity index (χ0n) is 11.0. The summed E-state index contributed by atoms with van der Waals surface area (Å²) in [6, 6.07) is -0.477. The Morgan fingerprint density at radius 1 is 1.50 bits per heavy atom. The lowest BCUT2D eigenvalue weighted by Crippen LogP contribution is -2.36. The Hall–Kier alpha value is -0.660. The third-order valence-corrected chi connectivity index (χ3v) is 3.75. The number of amides is 1. The van der Waals surface area contributed by atoms with Crippen LogP contribution in [-0.4, -0.2) is 34.2 Å². The van der Waals surface area contributed by atoms with E-state index in [9.17, 15) is 4.79 Å². The molecule has 1 heterocycles. The van der Waals surface area contributed by atoms with Crippen molar-refractivity contribution in [2.24, 2.45) is 11.7 Å². The van der Waals surface area contributed by atoms with Crippen LogP contribution < -0.4 is 11.1 Å². The van der Waals surface area contributed by atoms with Crippen molar-refractivity contribution in [1.82, 2.24) is 10.2 Å². The van der Waals surface area contributed by atoms with Crippen LogP contribution in [0.5, 0.6) is 0 Å². The molecule has 0 radical (unpaired) electrons. The molecule has 18 heavy (non-hydrogen) atoms. The maximum Gasteiger partial charge on any atom is 0.243 e. The van der Waals surface area contributed by atoms with E-state index < -0.39 is 6.04 Å². The molecule has 1 amide bonds. The van der Waals surface area contributed by atoms with Crippen molar-refractivity contribution in [3.8, 4) is 0 Å². The topological polar surface area (TPSA) is 80.9 Å². The summed E-state index contributed by atoms with van der Waals surface area (Å²) in [5.74, 6) is 1.23. The summed E-state index contributed by atoms with van der Waals surface area (Å²) < 4.78 is 0. The molecule has 5 nitrogen and oxygen atoms in total. The zero-order valence-corrected chi connectivity index (χ0v) is 12.6. The molecule has 0 spiro atoms. The Bertz CT molecular complexity index is 381. The third kappa shape index (κ3) is 5.32. The standard InChI is InChI=1S/C11H20N4OS2/c1-7(2)6-9-14-15-11(18-9)13-10(16)8(12)4-5-17-3/h7-8H,4-6,12H2,1-3H3,(H,13,15,16)/t8-/m0/s1. The van der Waals surface area contributed by atoms with Gasteiger partial charge in [0, 0.05) is 6.42 Å². The lowest BCUT2D eigenvalue weighted by atomic mass is 10.1. The highest BCUT2D eigenvalue weighted by molar-refractivity contribution is 7.98. The Morgan fingerprint density at radius 2 is 2.22 bits per heavy atom. The average molecular weight is 288 g/mol. The van der Waals surface area contributed by atoms with Crippen molar-refractivity contribution in [2.45, 2.75) is 32.7 Å². The molecule has 0 aromatic carbocycles. The number of anilines is 1. The van der Waals surface area contributed by atoms with Gasteiger partial charge >= 0.3 is 0 Å². The predicted octanol–water partition coefficient (Wildman–Crippen LogP) is 1.76. The SMILES string of the molecule is CSCC[C@H](N)C(=O)Nc1nnc(CC(C)C)s1. The molecule has 0 saturated carbocycles. The highest BCUT2D eigenvalue weighted by atomic mass is 32.2. The van der Waals surface area contributed by atoms with Gasteiger partial charge < -0.3 is 5.73 Å². The summed E-state index contributed by atoms with van der Waals surface area (Å²) in [6.07, 6.45) is 3.55. The number of hydrogen-bond donors (Lipinski definition) is 2. The number of aromatic nitrogens is 2. The van der Waals surface area contributed by atoms with E-state index in [0.29, 0.717) is 17.5 Å². The Morgan fingerprint density at radius 3 is 2.83 bits per heavy atom. The number of rotatable bonds is 7. The van der Waals surface area contributed by atoms with Crippen molar-refractivity contribution in [2.75, 3.05) is 17.3 Å². The summed E-state index contributed by atoms with van der Waals surface area (Å²) in [7, 11) is 0. The minimum Gasteiger partial charge on any atom is -0.320 e. The van der Waals surface area contributed by atoms with E-state index in [-0.39, 0.29) is 5.91 Å². The molecule has 1 aromatic rings. The molecular weight excluding hydrogens is 268 g/mol. The van der Waals surface area contributed by atoms with Gasteiger partial charge in [0.15, 0.2) is 0 Å². The van der Waals surface area contributed by atoms with Gasteiger partial charge in [-0.2, -0.15) is 11.8 Å². The van der Waals surface area contributed by atoms with Gasteiger partial charge in [-0.25, -0.2) is 0 Å². The second-order valence-electron chi connectivity index (χ2n) is 4.48. The molecule has 0 saturated heterocycles. The number of nitrogens with two attached hydrogens (primary N) is 1. The lowest BCUT2D eigenvalue weighted by molar-refractivity contribution is -0.117. The third-order valence-electron chi connectivity index (χ3n) is 2.25. The first kappa shape index (κ1) is 15.4. The van der Waals surface area contributed by atoms with E-state index in [1.54, 1.807) is 11.8 Å². The average Bonchev–Trinajstić information content (AvgIpc) is 2.72. The van der Waals surface area contributed by atoms with Crippen molar-refractivity contribution >= 4 is 34.1 Å². The molecule has 102 valence electrons. The van der Waals surface area contributed by atoms with Gasteiger partial charge in [-0.1, -0.05) is 25.2 Å². The van der Waals surface area contributed by atoms with Crippen LogP contribution in [0.3, 0.4) is 0 Å². The molecule has 0 bridgehead atoms. The number of carbonyl (C=O) groups is 1. The fraction of sp³-hybridized carbons (Fsp3) is 0.727. The Kier molecular flexibility index (Phi) is 6.59. The van der Waals surface area contributed by atoms with Crippen molar-refractivity contribution < 1.29 is 4.79 Å². The number of nitrogens with zero attached hydrogens (tertiary/aromatic N) is 2. The zero-order chi connectivity index (χ0) is 13.5. The minimum atomic E-state index is -0.477. The molecular formula is C11H20N4OS2. The van der Waals surface area contributed by atoms with E-state index in [2.05, 4.69) is 29.4 Å². The second-order valence-corrected chi connectivity index (χ2v) is 6.52. The molecule has 7 heteroatoms. The molecule has 0 aliphatic heterocycles. The maximum absolute atomic E-state index is 11.7. The van der Waals surface area contributed by atoms with Crippen LogP contribution in [0.15, 0.2) is 0 Å². The number of hydrogen-bond acceptors (Lipinski definition) is 6. The normalized spacial score (nSPS) is 12.7. The Labute approximate surface area is 116 Å². The second kappa shape index (κ2) is 7.70. The molecule has 1 aromatic heterocycles. The van der Waals surface area contributed by atoms with Crippen LogP contribution >= 0.6 is 23.1 Å². The van der Waals surface area contributed by atoms with E-state index in [1.807, 2.05) is 6.26 Å². The van der Waals surface area contributed by atoms with Gasteiger partial charge in [0.25, 0.3) is 0 Å². The van der Waals surface area contributed by atoms with Gasteiger partial charge in [-0.3, -0.25) is 10.1 Å². The molecule has 0 aliphatic rings. The maximum atomic E-state index is 11.7. The fourth-order valence-corrected chi connectivity index (χ4v) is 2.75.